The number of furan rings is 1. The van der Waals surface area contributed by atoms with Crippen molar-refractivity contribution in [3.8, 4) is 22.5 Å². The molecule has 0 saturated heterocycles. The number of aromatic nitrogens is 2. The predicted octanol–water partition coefficient (Wildman–Crippen LogP) is 8.16. The van der Waals surface area contributed by atoms with Crippen LogP contribution in [0.15, 0.2) is 95.7 Å². The molecule has 0 N–H and O–H groups in total. The monoisotopic (exact) mass is 691 g/mol. The maximum Gasteiger partial charge on any atom is 0.120 e. The van der Waals surface area contributed by atoms with Crippen molar-refractivity contribution in [1.82, 2.24) is 9.97 Å². The number of nitrogens with zero attached hydrogens (tertiary/aromatic N) is 2. The molecule has 3 aromatic carbocycles. The summed E-state index contributed by atoms with van der Waals surface area (Å²) < 4.78 is 6.40. The number of hydrogen-bond donors (Lipinski definition) is 0. The van der Waals surface area contributed by atoms with E-state index in [4.69, 9.17) is 4.42 Å². The Morgan fingerprint density at radius 2 is 1.53 bits per heavy atom. The van der Waals surface area contributed by atoms with Crippen molar-refractivity contribution < 1.29 is 24.5 Å². The van der Waals surface area contributed by atoms with E-state index in [9.17, 15) is 0 Å². The fraction of sp³-hybridized carbons (Fsp3) is 0.152. The van der Waals surface area contributed by atoms with Crippen LogP contribution in [0.1, 0.15) is 11.1 Å². The first-order valence-corrected chi connectivity index (χ1v) is 16.0. The summed E-state index contributed by atoms with van der Waals surface area (Å²) in [5.41, 5.74) is 8.15. The zero-order valence-electron chi connectivity index (χ0n) is 22.3. The Bertz CT molecular complexity index is 1670. The molecule has 0 aliphatic heterocycles. The zero-order chi connectivity index (χ0) is 26.0. The van der Waals surface area contributed by atoms with Gasteiger partial charge >= 0.3 is 0 Å². The fourth-order valence-electron chi connectivity index (χ4n) is 4.40. The summed E-state index contributed by atoms with van der Waals surface area (Å²) in [6, 6.07) is 33.1. The number of pyridine rings is 2. The Morgan fingerprint density at radius 1 is 0.711 bits per heavy atom. The van der Waals surface area contributed by atoms with E-state index < -0.39 is 8.07 Å². The van der Waals surface area contributed by atoms with Crippen molar-refractivity contribution in [3.63, 3.8) is 0 Å². The Kier molecular flexibility index (Phi) is 8.42. The zero-order valence-corrected chi connectivity index (χ0v) is 25.7. The number of fused-ring (bicyclic) bond motifs is 3. The molecule has 0 atom stereocenters. The quantitative estimate of drug-likeness (QED) is 0.139. The molecular weight excluding hydrogens is 661 g/mol. The first kappa shape index (κ1) is 27.7. The van der Waals surface area contributed by atoms with Crippen molar-refractivity contribution in [2.75, 3.05) is 0 Å². The minimum absolute atomic E-state index is 0. The van der Waals surface area contributed by atoms with E-state index in [1.165, 1.54) is 21.7 Å². The molecule has 0 amide bonds. The molecule has 0 saturated carbocycles. The Morgan fingerprint density at radius 3 is 2.21 bits per heavy atom. The number of aryl methyl sites for hydroxylation is 2. The van der Waals surface area contributed by atoms with Gasteiger partial charge in [-0.3, -0.25) is 0 Å². The van der Waals surface area contributed by atoms with Gasteiger partial charge in [0.25, 0.3) is 0 Å². The van der Waals surface area contributed by atoms with Crippen molar-refractivity contribution in [2.24, 2.45) is 0 Å². The summed E-state index contributed by atoms with van der Waals surface area (Å²) in [4.78, 5) is 8.84. The normalized spacial score (nSPS) is 11.1. The third kappa shape index (κ3) is 5.86. The summed E-state index contributed by atoms with van der Waals surface area (Å²) >= 11 is 0. The summed E-state index contributed by atoms with van der Waals surface area (Å²) in [5, 5.41) is 3.69. The van der Waals surface area contributed by atoms with E-state index in [1.54, 1.807) is 0 Å². The second kappa shape index (κ2) is 11.6. The molecule has 0 bridgehead atoms. The molecule has 193 valence electrons. The molecule has 38 heavy (non-hydrogen) atoms. The van der Waals surface area contributed by atoms with Crippen LogP contribution in [-0.2, 0) is 20.1 Å². The number of benzene rings is 3. The van der Waals surface area contributed by atoms with Gasteiger partial charge in [0.2, 0.25) is 0 Å². The van der Waals surface area contributed by atoms with E-state index in [1.807, 2.05) is 61.8 Å². The van der Waals surface area contributed by atoms with Gasteiger partial charge in [-0.15, -0.1) is 54.1 Å². The molecule has 0 aliphatic rings. The van der Waals surface area contributed by atoms with Crippen LogP contribution in [0.5, 0.6) is 0 Å². The Labute approximate surface area is 239 Å². The van der Waals surface area contributed by atoms with Gasteiger partial charge in [0.05, 0.1) is 13.7 Å². The first-order chi connectivity index (χ1) is 17.8. The van der Waals surface area contributed by atoms with Crippen molar-refractivity contribution in [2.45, 2.75) is 33.5 Å². The smallest absolute Gasteiger partial charge is 0.120 e. The largest absolute Gasteiger partial charge is 0.501 e. The van der Waals surface area contributed by atoms with Crippen LogP contribution in [0, 0.1) is 26.0 Å². The molecule has 0 unspecified atom stereocenters. The van der Waals surface area contributed by atoms with E-state index in [0.717, 1.165) is 39.1 Å². The number of para-hydroxylation sites is 1. The van der Waals surface area contributed by atoms with Crippen LogP contribution in [0.25, 0.3) is 44.5 Å². The van der Waals surface area contributed by atoms with Gasteiger partial charge in [-0.25, -0.2) is 0 Å². The summed E-state index contributed by atoms with van der Waals surface area (Å²) in [6.45, 7) is 11.2. The summed E-state index contributed by atoms with van der Waals surface area (Å²) in [6.07, 6.45) is 3.71. The molecule has 3 aromatic heterocycles. The Balaban J connectivity index is 0.000000204. The Hall–Kier alpha value is -3.37. The van der Waals surface area contributed by atoms with Crippen molar-refractivity contribution in [1.29, 1.82) is 0 Å². The van der Waals surface area contributed by atoms with Gasteiger partial charge in [0.15, 0.2) is 0 Å². The average molecular weight is 691 g/mol. The molecule has 1 radical (unpaired) electrons. The van der Waals surface area contributed by atoms with Crippen LogP contribution < -0.4 is 5.19 Å². The summed E-state index contributed by atoms with van der Waals surface area (Å²) in [5.74, 6) is 0. The van der Waals surface area contributed by atoms with Gasteiger partial charge in [0, 0.05) is 37.9 Å². The molecule has 0 fully saturated rings. The van der Waals surface area contributed by atoms with Gasteiger partial charge in [-0.2, -0.15) is 0 Å². The first-order valence-electron chi connectivity index (χ1n) is 12.5. The topological polar surface area (TPSA) is 38.9 Å². The third-order valence-electron chi connectivity index (χ3n) is 6.33. The van der Waals surface area contributed by atoms with Gasteiger partial charge in [-0.1, -0.05) is 72.6 Å². The number of rotatable bonds is 3. The minimum Gasteiger partial charge on any atom is -0.501 e. The molecular formula is C33H30IrN2OSi-2. The van der Waals surface area contributed by atoms with E-state index in [0.29, 0.717) is 0 Å². The maximum absolute atomic E-state index is 6.40. The molecule has 3 nitrogen and oxygen atoms in total. The fourth-order valence-corrected chi connectivity index (χ4v) is 5.86. The van der Waals surface area contributed by atoms with Gasteiger partial charge in [-0.05, 0) is 42.1 Å². The van der Waals surface area contributed by atoms with Crippen LogP contribution in [0.3, 0.4) is 0 Å². The SMILES string of the molecule is Cc1ccc(-c2[c-]cccc2)nc1.Cc1ccnc(-c2[c-]ccc3c2oc2c([Si](C)(C)C)cccc23)c1.[Ir]. The molecule has 6 aromatic rings. The summed E-state index contributed by atoms with van der Waals surface area (Å²) in [7, 11) is -1.49. The van der Waals surface area contributed by atoms with Gasteiger partial charge < -0.3 is 14.4 Å². The van der Waals surface area contributed by atoms with Gasteiger partial charge in [0.1, 0.15) is 5.58 Å². The predicted molar refractivity (Wildman–Crippen MR) is 157 cm³/mol. The second-order valence-electron chi connectivity index (χ2n) is 10.3. The molecule has 0 spiro atoms. The average Bonchev–Trinajstić information content (AvgIpc) is 3.28. The minimum atomic E-state index is -1.49. The standard InChI is InChI=1S/C21H20NOSi.C12H10N.Ir/c1-14-11-12-22-18(13-14)17-9-5-7-15-16-8-6-10-19(24(2,3)4)21(16)23-20(15)17;1-10-7-8-12(13-9-10)11-5-3-2-4-6-11;/h5-8,10-13H,1-4H3;2-5,7-9H,1H3;/q2*-1;. The van der Waals surface area contributed by atoms with Crippen LogP contribution >= 0.6 is 0 Å². The molecule has 6 rings (SSSR count). The van der Waals surface area contributed by atoms with E-state index >= 15 is 0 Å². The number of hydrogen-bond acceptors (Lipinski definition) is 3. The third-order valence-corrected chi connectivity index (χ3v) is 8.34. The van der Waals surface area contributed by atoms with Crippen molar-refractivity contribution >= 4 is 35.2 Å². The maximum atomic E-state index is 6.40. The molecule has 3 heterocycles. The van der Waals surface area contributed by atoms with Crippen LogP contribution in [-0.4, -0.2) is 18.0 Å². The van der Waals surface area contributed by atoms with Crippen LogP contribution in [0.4, 0.5) is 0 Å². The molecule has 5 heteroatoms. The van der Waals surface area contributed by atoms with Crippen molar-refractivity contribution in [3.05, 3.63) is 115 Å². The molecule has 0 aliphatic carbocycles. The van der Waals surface area contributed by atoms with E-state index in [-0.39, 0.29) is 20.1 Å². The second-order valence-corrected chi connectivity index (χ2v) is 15.4. The van der Waals surface area contributed by atoms with E-state index in [2.05, 4.69) is 85.1 Å². The van der Waals surface area contributed by atoms with Crippen LogP contribution in [0.2, 0.25) is 19.6 Å².